The number of carboxylic acids is 1. The van der Waals surface area contributed by atoms with Gasteiger partial charge in [0.25, 0.3) is 5.69 Å². The number of carbonyl (C=O) groups is 2. The van der Waals surface area contributed by atoms with Crippen LogP contribution in [0.5, 0.6) is 5.75 Å². The lowest BCUT2D eigenvalue weighted by Gasteiger charge is -2.28. The molecule has 0 bridgehead atoms. The van der Waals surface area contributed by atoms with Crippen molar-refractivity contribution in [3.63, 3.8) is 0 Å². The van der Waals surface area contributed by atoms with Crippen LogP contribution in [0, 0.1) is 10.1 Å². The van der Waals surface area contributed by atoms with E-state index in [4.69, 9.17) is 9.47 Å². The third-order valence-corrected chi connectivity index (χ3v) is 3.96. The molecular formula is C19H20N2O7. The summed E-state index contributed by atoms with van der Waals surface area (Å²) in [4.78, 5) is 35.7. The molecule has 0 aliphatic carbocycles. The fourth-order valence-electron chi connectivity index (χ4n) is 2.53. The quantitative estimate of drug-likeness (QED) is 0.518. The zero-order valence-corrected chi connectivity index (χ0v) is 15.2. The number of non-ortho nitro benzene ring substituents is 1. The van der Waals surface area contributed by atoms with Gasteiger partial charge >= 0.3 is 12.1 Å². The van der Waals surface area contributed by atoms with E-state index in [1.807, 2.05) is 6.07 Å². The van der Waals surface area contributed by atoms with Gasteiger partial charge in [-0.05, 0) is 17.7 Å². The molecule has 0 saturated heterocycles. The van der Waals surface area contributed by atoms with Gasteiger partial charge in [-0.2, -0.15) is 0 Å². The molecule has 2 rings (SSSR count). The van der Waals surface area contributed by atoms with Crippen molar-refractivity contribution in [3.05, 3.63) is 70.3 Å². The van der Waals surface area contributed by atoms with Crippen molar-refractivity contribution in [2.45, 2.75) is 12.5 Å². The molecule has 0 spiro atoms. The van der Waals surface area contributed by atoms with Crippen molar-refractivity contribution in [2.24, 2.45) is 0 Å². The molecule has 0 heterocycles. The van der Waals surface area contributed by atoms with Crippen LogP contribution in [0.4, 0.5) is 10.5 Å². The summed E-state index contributed by atoms with van der Waals surface area (Å²) in [6.07, 6.45) is -0.788. The Kier molecular flexibility index (Phi) is 7.46. The second kappa shape index (κ2) is 10.0. The van der Waals surface area contributed by atoms with Gasteiger partial charge in [-0.3, -0.25) is 15.0 Å². The number of hydrogen-bond acceptors (Lipinski definition) is 6. The van der Waals surface area contributed by atoms with Gasteiger partial charge in [-0.1, -0.05) is 30.3 Å². The van der Waals surface area contributed by atoms with Gasteiger partial charge in [0.2, 0.25) is 0 Å². The lowest BCUT2D eigenvalue weighted by molar-refractivity contribution is -0.384. The van der Waals surface area contributed by atoms with E-state index in [-0.39, 0.29) is 31.0 Å². The van der Waals surface area contributed by atoms with Crippen LogP contribution in [0.1, 0.15) is 5.56 Å². The second-order valence-corrected chi connectivity index (χ2v) is 5.85. The Hall–Kier alpha value is -3.46. The molecule has 9 nitrogen and oxygen atoms in total. The summed E-state index contributed by atoms with van der Waals surface area (Å²) in [6.45, 7) is 0.125. The third kappa shape index (κ3) is 5.78. The number of hydrogen-bond donors (Lipinski definition) is 1. The van der Waals surface area contributed by atoms with E-state index in [2.05, 4.69) is 0 Å². The molecule has 2 aromatic rings. The van der Waals surface area contributed by atoms with Crippen LogP contribution in [0.15, 0.2) is 54.6 Å². The summed E-state index contributed by atoms with van der Waals surface area (Å²) in [5.74, 6) is -1.11. The van der Waals surface area contributed by atoms with Crippen LogP contribution in [-0.2, 0) is 16.0 Å². The average Bonchev–Trinajstić information content (AvgIpc) is 2.68. The molecular weight excluding hydrogens is 368 g/mol. The number of carbonyl (C=O) groups excluding carboxylic acids is 1. The molecule has 28 heavy (non-hydrogen) atoms. The molecule has 1 atom stereocenters. The number of methoxy groups -OCH3 is 1. The Bertz CT molecular complexity index is 809. The van der Waals surface area contributed by atoms with Crippen molar-refractivity contribution in [1.82, 2.24) is 4.90 Å². The number of ether oxygens (including phenoxy) is 2. The molecule has 1 unspecified atom stereocenters. The minimum atomic E-state index is -1.18. The maximum atomic E-state index is 12.6. The third-order valence-electron chi connectivity index (χ3n) is 3.96. The monoisotopic (exact) mass is 388 g/mol. The molecule has 9 heteroatoms. The number of nitro groups is 1. The molecule has 0 saturated carbocycles. The fourth-order valence-corrected chi connectivity index (χ4v) is 2.53. The number of nitrogens with zero attached hydrogens (tertiary/aromatic N) is 2. The van der Waals surface area contributed by atoms with E-state index in [0.29, 0.717) is 0 Å². The van der Waals surface area contributed by atoms with E-state index < -0.39 is 23.0 Å². The van der Waals surface area contributed by atoms with Gasteiger partial charge in [0, 0.05) is 32.2 Å². The molecule has 148 valence electrons. The summed E-state index contributed by atoms with van der Waals surface area (Å²) in [6, 6.07) is 12.7. The number of rotatable bonds is 9. The summed E-state index contributed by atoms with van der Waals surface area (Å²) < 4.78 is 10.2. The molecule has 0 fully saturated rings. The highest BCUT2D eigenvalue weighted by molar-refractivity contribution is 5.81. The molecule has 0 radical (unpaired) electrons. The van der Waals surface area contributed by atoms with E-state index in [0.717, 1.165) is 10.5 Å². The van der Waals surface area contributed by atoms with E-state index in [1.165, 1.54) is 31.4 Å². The highest BCUT2D eigenvalue weighted by atomic mass is 16.6. The largest absolute Gasteiger partial charge is 0.480 e. The average molecular weight is 388 g/mol. The number of amides is 1. The SMILES string of the molecule is COCCN(C(=O)Oc1ccc([N+](=O)[O-])cc1)C(Cc1ccccc1)C(=O)O. The van der Waals surface area contributed by atoms with Gasteiger partial charge in [0.05, 0.1) is 11.5 Å². The van der Waals surface area contributed by atoms with Gasteiger partial charge in [-0.25, -0.2) is 9.59 Å². The predicted molar refractivity (Wildman–Crippen MR) is 99.3 cm³/mol. The van der Waals surface area contributed by atoms with Crippen LogP contribution < -0.4 is 4.74 Å². The first-order valence-electron chi connectivity index (χ1n) is 8.41. The van der Waals surface area contributed by atoms with Crippen LogP contribution in [0.25, 0.3) is 0 Å². The lowest BCUT2D eigenvalue weighted by atomic mass is 10.0. The van der Waals surface area contributed by atoms with Crippen LogP contribution in [0.2, 0.25) is 0 Å². The molecule has 1 amide bonds. The topological polar surface area (TPSA) is 119 Å². The van der Waals surface area contributed by atoms with E-state index in [9.17, 15) is 24.8 Å². The Morgan fingerprint density at radius 2 is 1.79 bits per heavy atom. The van der Waals surface area contributed by atoms with Gasteiger partial charge in [-0.15, -0.1) is 0 Å². The first kappa shape index (κ1) is 20.8. The van der Waals surface area contributed by atoms with Crippen molar-refractivity contribution in [2.75, 3.05) is 20.3 Å². The van der Waals surface area contributed by atoms with Crippen LogP contribution >= 0.6 is 0 Å². The highest BCUT2D eigenvalue weighted by Gasteiger charge is 2.31. The van der Waals surface area contributed by atoms with Crippen molar-refractivity contribution >= 4 is 17.7 Å². The van der Waals surface area contributed by atoms with Crippen LogP contribution in [-0.4, -0.2) is 53.3 Å². The Balaban J connectivity index is 2.19. The van der Waals surface area contributed by atoms with Gasteiger partial charge in [0.15, 0.2) is 0 Å². The maximum Gasteiger partial charge on any atom is 0.416 e. The van der Waals surface area contributed by atoms with Crippen LogP contribution in [0.3, 0.4) is 0 Å². The van der Waals surface area contributed by atoms with Gasteiger partial charge in [0.1, 0.15) is 11.8 Å². The Morgan fingerprint density at radius 1 is 1.14 bits per heavy atom. The first-order chi connectivity index (χ1) is 13.4. The predicted octanol–water partition coefficient (Wildman–Crippen LogP) is 2.74. The fraction of sp³-hybridized carbons (Fsp3) is 0.263. The standard InChI is InChI=1S/C19H20N2O7/c1-27-12-11-20(17(18(22)23)13-14-5-3-2-4-6-14)19(24)28-16-9-7-15(8-10-16)21(25)26/h2-10,17H,11-13H2,1H3,(H,22,23). The number of benzene rings is 2. The summed E-state index contributed by atoms with van der Waals surface area (Å²) >= 11 is 0. The minimum Gasteiger partial charge on any atom is -0.480 e. The zero-order chi connectivity index (χ0) is 20.5. The summed E-state index contributed by atoms with van der Waals surface area (Å²) in [5, 5.41) is 20.4. The normalized spacial score (nSPS) is 11.5. The minimum absolute atomic E-state index is 0.00607. The highest BCUT2D eigenvalue weighted by Crippen LogP contribution is 2.19. The lowest BCUT2D eigenvalue weighted by Crippen LogP contribution is -2.49. The smallest absolute Gasteiger partial charge is 0.416 e. The first-order valence-corrected chi connectivity index (χ1v) is 8.41. The second-order valence-electron chi connectivity index (χ2n) is 5.85. The molecule has 1 N–H and O–H groups in total. The number of carboxylic acid groups (broad SMARTS) is 1. The zero-order valence-electron chi connectivity index (χ0n) is 15.2. The Morgan fingerprint density at radius 3 is 2.32 bits per heavy atom. The van der Waals surface area contributed by atoms with Crippen molar-refractivity contribution < 1.29 is 29.1 Å². The van der Waals surface area contributed by atoms with Crippen molar-refractivity contribution in [3.8, 4) is 5.75 Å². The number of aliphatic carboxylic acids is 1. The Labute approximate surface area is 161 Å². The van der Waals surface area contributed by atoms with Crippen molar-refractivity contribution in [1.29, 1.82) is 0 Å². The van der Waals surface area contributed by atoms with Gasteiger partial charge < -0.3 is 14.6 Å². The maximum absolute atomic E-state index is 12.6. The summed E-state index contributed by atoms with van der Waals surface area (Å²) in [7, 11) is 1.44. The molecule has 0 aliphatic rings. The summed E-state index contributed by atoms with van der Waals surface area (Å²) in [5.41, 5.74) is 0.601. The van der Waals surface area contributed by atoms with E-state index >= 15 is 0 Å². The molecule has 0 aromatic heterocycles. The number of nitro benzene ring substituents is 1. The molecule has 0 aliphatic heterocycles. The molecule has 2 aromatic carbocycles. The van der Waals surface area contributed by atoms with E-state index in [1.54, 1.807) is 24.3 Å².